The van der Waals surface area contributed by atoms with Crippen molar-refractivity contribution in [3.05, 3.63) is 65.5 Å². The quantitative estimate of drug-likeness (QED) is 0.908. The average Bonchev–Trinajstić information content (AvgIpc) is 2.48. The molecule has 1 aliphatic rings. The lowest BCUT2D eigenvalue weighted by Gasteiger charge is -2.43. The Labute approximate surface area is 125 Å². The van der Waals surface area contributed by atoms with Crippen molar-refractivity contribution in [2.24, 2.45) is 0 Å². The van der Waals surface area contributed by atoms with Crippen LogP contribution in [0, 0.1) is 12.7 Å². The van der Waals surface area contributed by atoms with Gasteiger partial charge in [-0.2, -0.15) is 0 Å². The van der Waals surface area contributed by atoms with Crippen LogP contribution in [0.2, 0.25) is 0 Å². The molecule has 1 saturated heterocycles. The molecule has 1 unspecified atom stereocenters. The Hall–Kier alpha value is -1.87. The maximum Gasteiger partial charge on any atom is 0.123 e. The Kier molecular flexibility index (Phi) is 3.68. The van der Waals surface area contributed by atoms with E-state index in [0.29, 0.717) is 0 Å². The number of rotatable bonds is 2. The van der Waals surface area contributed by atoms with Gasteiger partial charge in [-0.25, -0.2) is 4.39 Å². The van der Waals surface area contributed by atoms with Gasteiger partial charge in [0.05, 0.1) is 5.54 Å². The third-order valence-corrected chi connectivity index (χ3v) is 4.31. The summed E-state index contributed by atoms with van der Waals surface area (Å²) in [6, 6.07) is 15.6. The highest BCUT2D eigenvalue weighted by molar-refractivity contribution is 5.54. The molecule has 1 heterocycles. The van der Waals surface area contributed by atoms with E-state index in [1.54, 1.807) is 12.1 Å². The van der Waals surface area contributed by atoms with E-state index in [4.69, 9.17) is 0 Å². The van der Waals surface area contributed by atoms with E-state index >= 15 is 0 Å². The second-order valence-electron chi connectivity index (χ2n) is 5.98. The molecule has 110 valence electrons. The minimum Gasteiger partial charge on any atom is -0.368 e. The molecule has 0 bridgehead atoms. The van der Waals surface area contributed by atoms with E-state index in [9.17, 15) is 4.39 Å². The molecule has 1 fully saturated rings. The topological polar surface area (TPSA) is 15.3 Å². The lowest BCUT2D eigenvalue weighted by Crippen LogP contribution is -2.57. The summed E-state index contributed by atoms with van der Waals surface area (Å²) in [5, 5.41) is 3.63. The van der Waals surface area contributed by atoms with E-state index in [0.717, 1.165) is 30.9 Å². The maximum atomic E-state index is 13.3. The molecule has 0 spiro atoms. The Morgan fingerprint density at radius 3 is 2.62 bits per heavy atom. The lowest BCUT2D eigenvalue weighted by molar-refractivity contribution is 0.332. The second kappa shape index (κ2) is 5.49. The number of anilines is 1. The molecule has 0 saturated carbocycles. The van der Waals surface area contributed by atoms with E-state index in [1.165, 1.54) is 5.56 Å². The van der Waals surface area contributed by atoms with Crippen LogP contribution in [0.4, 0.5) is 10.1 Å². The van der Waals surface area contributed by atoms with E-state index in [-0.39, 0.29) is 11.4 Å². The molecule has 2 nitrogen and oxygen atoms in total. The van der Waals surface area contributed by atoms with Crippen LogP contribution < -0.4 is 10.2 Å². The molecular weight excluding hydrogens is 263 g/mol. The summed E-state index contributed by atoms with van der Waals surface area (Å²) >= 11 is 0. The summed E-state index contributed by atoms with van der Waals surface area (Å²) in [5.41, 5.74) is 3.32. The van der Waals surface area contributed by atoms with Gasteiger partial charge < -0.3 is 10.2 Å². The normalized spacial score (nSPS) is 22.3. The maximum absolute atomic E-state index is 13.3. The van der Waals surface area contributed by atoms with Crippen molar-refractivity contribution in [3.8, 4) is 0 Å². The van der Waals surface area contributed by atoms with Gasteiger partial charge >= 0.3 is 0 Å². The minimum absolute atomic E-state index is 0.0830. The van der Waals surface area contributed by atoms with Crippen molar-refractivity contribution < 1.29 is 4.39 Å². The van der Waals surface area contributed by atoms with E-state index < -0.39 is 0 Å². The van der Waals surface area contributed by atoms with Crippen molar-refractivity contribution in [3.63, 3.8) is 0 Å². The average molecular weight is 284 g/mol. The van der Waals surface area contributed by atoms with Gasteiger partial charge in [0.25, 0.3) is 0 Å². The zero-order valence-corrected chi connectivity index (χ0v) is 12.6. The van der Waals surface area contributed by atoms with Crippen LogP contribution in [0.1, 0.15) is 18.1 Å². The first-order valence-corrected chi connectivity index (χ1v) is 7.40. The zero-order valence-electron chi connectivity index (χ0n) is 12.6. The van der Waals surface area contributed by atoms with Crippen LogP contribution in [0.25, 0.3) is 0 Å². The highest BCUT2D eigenvalue weighted by Gasteiger charge is 2.32. The van der Waals surface area contributed by atoms with E-state index in [2.05, 4.69) is 41.4 Å². The van der Waals surface area contributed by atoms with Gasteiger partial charge in [0, 0.05) is 25.3 Å². The van der Waals surface area contributed by atoms with Crippen molar-refractivity contribution in [1.82, 2.24) is 5.32 Å². The predicted molar refractivity (Wildman–Crippen MR) is 85.1 cm³/mol. The molecular formula is C18H21FN2. The second-order valence-corrected chi connectivity index (χ2v) is 5.98. The number of hydrogen-bond donors (Lipinski definition) is 1. The van der Waals surface area contributed by atoms with Gasteiger partial charge in [0.1, 0.15) is 5.82 Å². The number of aryl methyl sites for hydroxylation is 1. The van der Waals surface area contributed by atoms with E-state index in [1.807, 2.05) is 19.1 Å². The summed E-state index contributed by atoms with van der Waals surface area (Å²) in [5.74, 6) is -0.169. The highest BCUT2D eigenvalue weighted by Crippen LogP contribution is 2.29. The highest BCUT2D eigenvalue weighted by atomic mass is 19.1. The minimum atomic E-state index is -0.169. The van der Waals surface area contributed by atoms with Crippen molar-refractivity contribution in [1.29, 1.82) is 0 Å². The summed E-state index contributed by atoms with van der Waals surface area (Å²) in [4.78, 5) is 2.35. The first-order valence-electron chi connectivity index (χ1n) is 7.40. The molecule has 0 radical (unpaired) electrons. The third kappa shape index (κ3) is 2.79. The van der Waals surface area contributed by atoms with Gasteiger partial charge in [-0.1, -0.05) is 30.3 Å². The molecule has 1 atom stereocenters. The summed E-state index contributed by atoms with van der Waals surface area (Å²) in [6.45, 7) is 6.94. The summed E-state index contributed by atoms with van der Waals surface area (Å²) < 4.78 is 13.3. The monoisotopic (exact) mass is 284 g/mol. The third-order valence-electron chi connectivity index (χ3n) is 4.31. The fourth-order valence-electron chi connectivity index (χ4n) is 3.16. The van der Waals surface area contributed by atoms with Gasteiger partial charge in [-0.05, 0) is 43.2 Å². The van der Waals surface area contributed by atoms with Gasteiger partial charge in [0.15, 0.2) is 0 Å². The van der Waals surface area contributed by atoms with Crippen molar-refractivity contribution >= 4 is 5.69 Å². The Morgan fingerprint density at radius 2 is 1.90 bits per heavy atom. The fraction of sp³-hybridized carbons (Fsp3) is 0.333. The predicted octanol–water partition coefficient (Wildman–Crippen LogP) is 3.46. The number of nitrogens with one attached hydrogen (secondary N) is 1. The molecule has 2 aromatic rings. The molecule has 3 rings (SSSR count). The SMILES string of the molecule is Cc1cc(F)ccc1N1CCNC(C)(c2ccccc2)C1. The Balaban J connectivity index is 1.89. The smallest absolute Gasteiger partial charge is 0.123 e. The van der Waals surface area contributed by atoms with Crippen LogP contribution in [-0.2, 0) is 5.54 Å². The van der Waals surface area contributed by atoms with Crippen LogP contribution in [0.3, 0.4) is 0 Å². The lowest BCUT2D eigenvalue weighted by atomic mass is 9.89. The van der Waals surface area contributed by atoms with Crippen LogP contribution in [-0.4, -0.2) is 19.6 Å². The number of benzene rings is 2. The fourth-order valence-corrected chi connectivity index (χ4v) is 3.16. The van der Waals surface area contributed by atoms with Crippen LogP contribution in [0.5, 0.6) is 0 Å². The molecule has 0 amide bonds. The molecule has 0 aliphatic carbocycles. The molecule has 0 aromatic heterocycles. The zero-order chi connectivity index (χ0) is 14.9. The molecule has 21 heavy (non-hydrogen) atoms. The number of halogens is 1. The van der Waals surface area contributed by atoms with Crippen LogP contribution in [0.15, 0.2) is 48.5 Å². The number of hydrogen-bond acceptors (Lipinski definition) is 2. The number of piperazine rings is 1. The Morgan fingerprint density at radius 1 is 1.14 bits per heavy atom. The number of nitrogens with zero attached hydrogens (tertiary/aromatic N) is 1. The van der Waals surface area contributed by atoms with Crippen molar-refractivity contribution in [2.75, 3.05) is 24.5 Å². The largest absolute Gasteiger partial charge is 0.368 e. The van der Waals surface area contributed by atoms with Crippen LogP contribution >= 0.6 is 0 Å². The molecule has 3 heteroatoms. The molecule has 1 aliphatic heterocycles. The van der Waals surface area contributed by atoms with Crippen molar-refractivity contribution in [2.45, 2.75) is 19.4 Å². The van der Waals surface area contributed by atoms with Gasteiger partial charge in [-0.15, -0.1) is 0 Å². The first kappa shape index (κ1) is 14.1. The van der Waals surface area contributed by atoms with Gasteiger partial charge in [-0.3, -0.25) is 0 Å². The summed E-state index contributed by atoms with van der Waals surface area (Å²) in [6.07, 6.45) is 0. The molecule has 2 aromatic carbocycles. The summed E-state index contributed by atoms with van der Waals surface area (Å²) in [7, 11) is 0. The standard InChI is InChI=1S/C18H21FN2/c1-14-12-16(19)8-9-17(14)21-11-10-20-18(2,13-21)15-6-4-3-5-7-15/h3-9,12,20H,10-11,13H2,1-2H3. The Bertz CT molecular complexity index is 626. The van der Waals surface area contributed by atoms with Gasteiger partial charge in [0.2, 0.25) is 0 Å². The molecule has 1 N–H and O–H groups in total. The first-order chi connectivity index (χ1) is 10.1.